The maximum absolute atomic E-state index is 9.77. The van der Waals surface area contributed by atoms with E-state index in [0.29, 0.717) is 6.04 Å². The molecule has 2 heterocycles. The van der Waals surface area contributed by atoms with Gasteiger partial charge in [0.25, 0.3) is 0 Å². The van der Waals surface area contributed by atoms with E-state index in [1.807, 2.05) is 24.3 Å². The second kappa shape index (κ2) is 5.34. The number of methoxy groups -OCH3 is 1. The monoisotopic (exact) mass is 271 g/mol. The molecule has 2 aliphatic heterocycles. The fourth-order valence-electron chi connectivity index (χ4n) is 3.57. The maximum Gasteiger partial charge on any atom is 0.142 e. The lowest BCUT2D eigenvalue weighted by atomic mass is 9.86. The summed E-state index contributed by atoms with van der Waals surface area (Å²) >= 11 is 0. The molecule has 3 rings (SSSR count). The number of nitrogens with one attached hydrogen (secondary N) is 1. The molecule has 4 nitrogen and oxygen atoms in total. The summed E-state index contributed by atoms with van der Waals surface area (Å²) in [5, 5.41) is 13.3. The number of nitriles is 1. The molecular formula is C16H21N3O. The van der Waals surface area contributed by atoms with Gasteiger partial charge in [-0.25, -0.2) is 0 Å². The standard InChI is InChI=1S/C16H21N3O/c1-20-14-6-4-5-13(11-14)18-16(12-17)8-10-19-9-3-2-7-15(16)19/h4-6,11,15,18H,2-3,7-10H2,1H3. The molecule has 1 N–H and O–H groups in total. The number of ether oxygens (including phenoxy) is 1. The van der Waals surface area contributed by atoms with E-state index in [2.05, 4.69) is 16.3 Å². The molecule has 2 saturated heterocycles. The molecule has 106 valence electrons. The predicted molar refractivity (Wildman–Crippen MR) is 78.8 cm³/mol. The number of benzene rings is 1. The second-order valence-electron chi connectivity index (χ2n) is 5.74. The van der Waals surface area contributed by atoms with Crippen molar-refractivity contribution >= 4 is 5.69 Å². The number of hydrogen-bond acceptors (Lipinski definition) is 4. The SMILES string of the molecule is COc1cccc(NC2(C#N)CCN3CCCCC32)c1. The third kappa shape index (κ3) is 2.23. The topological polar surface area (TPSA) is 48.3 Å². The number of anilines is 1. The molecule has 0 saturated carbocycles. The van der Waals surface area contributed by atoms with Crippen LogP contribution in [-0.4, -0.2) is 36.7 Å². The van der Waals surface area contributed by atoms with Crippen LogP contribution < -0.4 is 10.1 Å². The zero-order chi connectivity index (χ0) is 14.0. The van der Waals surface area contributed by atoms with E-state index in [4.69, 9.17) is 4.74 Å². The van der Waals surface area contributed by atoms with Crippen molar-refractivity contribution in [1.82, 2.24) is 4.90 Å². The normalized spacial score (nSPS) is 29.5. The summed E-state index contributed by atoms with van der Waals surface area (Å²) in [6.45, 7) is 2.16. The summed E-state index contributed by atoms with van der Waals surface area (Å²) in [6, 6.07) is 10.8. The van der Waals surface area contributed by atoms with Crippen molar-refractivity contribution in [3.05, 3.63) is 24.3 Å². The Hall–Kier alpha value is -1.73. The molecule has 0 aliphatic carbocycles. The van der Waals surface area contributed by atoms with Crippen LogP contribution in [0.3, 0.4) is 0 Å². The van der Waals surface area contributed by atoms with Crippen LogP contribution in [-0.2, 0) is 0 Å². The van der Waals surface area contributed by atoms with Crippen LogP contribution in [0.25, 0.3) is 0 Å². The van der Waals surface area contributed by atoms with Gasteiger partial charge in [0.05, 0.1) is 13.2 Å². The van der Waals surface area contributed by atoms with Crippen LogP contribution >= 0.6 is 0 Å². The highest BCUT2D eigenvalue weighted by atomic mass is 16.5. The zero-order valence-corrected chi connectivity index (χ0v) is 11.9. The van der Waals surface area contributed by atoms with E-state index in [9.17, 15) is 5.26 Å². The minimum Gasteiger partial charge on any atom is -0.497 e. The van der Waals surface area contributed by atoms with Crippen LogP contribution in [0.5, 0.6) is 5.75 Å². The largest absolute Gasteiger partial charge is 0.497 e. The van der Waals surface area contributed by atoms with Crippen LogP contribution in [0.4, 0.5) is 5.69 Å². The van der Waals surface area contributed by atoms with Gasteiger partial charge in [-0.2, -0.15) is 5.26 Å². The molecule has 2 aliphatic rings. The number of hydrogen-bond donors (Lipinski definition) is 1. The quantitative estimate of drug-likeness (QED) is 0.918. The van der Waals surface area contributed by atoms with Gasteiger partial charge < -0.3 is 10.1 Å². The highest BCUT2D eigenvalue weighted by molar-refractivity contribution is 5.53. The van der Waals surface area contributed by atoms with Gasteiger partial charge in [-0.3, -0.25) is 4.90 Å². The van der Waals surface area contributed by atoms with Gasteiger partial charge in [0.15, 0.2) is 0 Å². The molecule has 4 heteroatoms. The number of rotatable bonds is 3. The summed E-state index contributed by atoms with van der Waals surface area (Å²) < 4.78 is 5.26. The summed E-state index contributed by atoms with van der Waals surface area (Å²) in [5.41, 5.74) is 0.519. The summed E-state index contributed by atoms with van der Waals surface area (Å²) in [6.07, 6.45) is 4.50. The average Bonchev–Trinajstić information content (AvgIpc) is 2.87. The highest BCUT2D eigenvalue weighted by Crippen LogP contribution is 2.37. The highest BCUT2D eigenvalue weighted by Gasteiger charge is 2.48. The van der Waals surface area contributed by atoms with Gasteiger partial charge >= 0.3 is 0 Å². The first-order valence-corrected chi connectivity index (χ1v) is 7.35. The van der Waals surface area contributed by atoms with Crippen molar-refractivity contribution in [1.29, 1.82) is 5.26 Å². The van der Waals surface area contributed by atoms with E-state index < -0.39 is 5.54 Å². The molecular weight excluding hydrogens is 250 g/mol. The fraction of sp³-hybridized carbons (Fsp3) is 0.562. The molecule has 2 fully saturated rings. The van der Waals surface area contributed by atoms with Gasteiger partial charge in [-0.05, 0) is 37.9 Å². The molecule has 0 aromatic heterocycles. The third-order valence-electron chi connectivity index (χ3n) is 4.61. The molecule has 0 bridgehead atoms. The Labute approximate surface area is 120 Å². The maximum atomic E-state index is 9.77. The Balaban J connectivity index is 1.84. The van der Waals surface area contributed by atoms with E-state index in [-0.39, 0.29) is 0 Å². The van der Waals surface area contributed by atoms with Crippen LogP contribution in [0.15, 0.2) is 24.3 Å². The predicted octanol–water partition coefficient (Wildman–Crippen LogP) is 2.63. The van der Waals surface area contributed by atoms with E-state index in [1.54, 1.807) is 7.11 Å². The van der Waals surface area contributed by atoms with E-state index in [0.717, 1.165) is 37.4 Å². The van der Waals surface area contributed by atoms with Gasteiger partial charge in [0, 0.05) is 24.3 Å². The molecule has 1 aromatic carbocycles. The zero-order valence-electron chi connectivity index (χ0n) is 11.9. The van der Waals surface area contributed by atoms with Crippen LogP contribution in [0.1, 0.15) is 25.7 Å². The first-order chi connectivity index (χ1) is 9.77. The Morgan fingerprint density at radius 1 is 1.40 bits per heavy atom. The minimum atomic E-state index is -0.452. The number of nitrogens with zero attached hydrogens (tertiary/aromatic N) is 2. The number of piperidine rings is 1. The van der Waals surface area contributed by atoms with Crippen molar-refractivity contribution < 1.29 is 4.74 Å². The first kappa shape index (κ1) is 13.3. The number of fused-ring (bicyclic) bond motifs is 1. The lowest BCUT2D eigenvalue weighted by molar-refractivity contribution is 0.180. The molecule has 1 aromatic rings. The van der Waals surface area contributed by atoms with Crippen LogP contribution in [0, 0.1) is 11.3 Å². The van der Waals surface area contributed by atoms with Gasteiger partial charge in [-0.15, -0.1) is 0 Å². The Morgan fingerprint density at radius 2 is 2.30 bits per heavy atom. The van der Waals surface area contributed by atoms with Gasteiger partial charge in [-0.1, -0.05) is 12.5 Å². The second-order valence-corrected chi connectivity index (χ2v) is 5.74. The van der Waals surface area contributed by atoms with Crippen LogP contribution in [0.2, 0.25) is 0 Å². The summed E-state index contributed by atoms with van der Waals surface area (Å²) in [7, 11) is 1.66. The van der Waals surface area contributed by atoms with Crippen molar-refractivity contribution in [2.75, 3.05) is 25.5 Å². The van der Waals surface area contributed by atoms with Crippen molar-refractivity contribution in [2.24, 2.45) is 0 Å². The van der Waals surface area contributed by atoms with Gasteiger partial charge in [0.2, 0.25) is 0 Å². The van der Waals surface area contributed by atoms with Crippen molar-refractivity contribution in [2.45, 2.75) is 37.3 Å². The smallest absolute Gasteiger partial charge is 0.142 e. The van der Waals surface area contributed by atoms with E-state index in [1.165, 1.54) is 12.8 Å². The minimum absolute atomic E-state index is 0.340. The average molecular weight is 271 g/mol. The third-order valence-corrected chi connectivity index (χ3v) is 4.61. The Morgan fingerprint density at radius 3 is 3.10 bits per heavy atom. The Kier molecular flexibility index (Phi) is 3.54. The molecule has 0 radical (unpaired) electrons. The van der Waals surface area contributed by atoms with E-state index >= 15 is 0 Å². The molecule has 0 spiro atoms. The molecule has 2 atom stereocenters. The lowest BCUT2D eigenvalue weighted by Crippen LogP contribution is -2.50. The molecule has 0 amide bonds. The van der Waals surface area contributed by atoms with Gasteiger partial charge in [0.1, 0.15) is 11.3 Å². The summed E-state index contributed by atoms with van der Waals surface area (Å²) in [5.74, 6) is 0.821. The first-order valence-electron chi connectivity index (χ1n) is 7.35. The van der Waals surface area contributed by atoms with Crippen molar-refractivity contribution in [3.63, 3.8) is 0 Å². The molecule has 20 heavy (non-hydrogen) atoms. The van der Waals surface area contributed by atoms with Crippen molar-refractivity contribution in [3.8, 4) is 11.8 Å². The Bertz CT molecular complexity index is 525. The lowest BCUT2D eigenvalue weighted by Gasteiger charge is -2.37. The summed E-state index contributed by atoms with van der Waals surface area (Å²) in [4.78, 5) is 2.47. The molecule has 2 unspecified atom stereocenters. The fourth-order valence-corrected chi connectivity index (χ4v) is 3.57.